The normalized spacial score (nSPS) is 17.3. The first-order valence-corrected chi connectivity index (χ1v) is 13.7. The molecule has 0 radical (unpaired) electrons. The Hall–Kier alpha value is -3.37. The van der Waals surface area contributed by atoms with Crippen molar-refractivity contribution in [2.24, 2.45) is 0 Å². The molecular weight excluding hydrogens is 482 g/mol. The highest BCUT2D eigenvalue weighted by atomic mass is 32.2. The number of ether oxygens (including phenoxy) is 2. The highest BCUT2D eigenvalue weighted by molar-refractivity contribution is 7.90. The van der Waals surface area contributed by atoms with Crippen molar-refractivity contribution < 1.29 is 23.0 Å². The third-order valence-corrected chi connectivity index (χ3v) is 8.02. The zero-order valence-electron chi connectivity index (χ0n) is 20.5. The van der Waals surface area contributed by atoms with Crippen LogP contribution in [0.5, 0.6) is 11.5 Å². The maximum atomic E-state index is 13.7. The molecule has 1 aliphatic heterocycles. The largest absolute Gasteiger partial charge is 0.497 e. The molecule has 1 atom stereocenters. The molecule has 0 spiro atoms. The topological polar surface area (TPSA) is 111 Å². The average Bonchev–Trinajstić information content (AvgIpc) is 3.53. The van der Waals surface area contributed by atoms with Gasteiger partial charge in [-0.25, -0.2) is 8.42 Å². The number of methoxy groups -OCH3 is 2. The number of β-amino-alcohol motifs (C(OH)–C–C–N with tert-alkyl or cyclic N) is 1. The van der Waals surface area contributed by atoms with Gasteiger partial charge in [-0.15, -0.1) is 0 Å². The molecule has 10 heteroatoms. The Kier molecular flexibility index (Phi) is 6.25. The summed E-state index contributed by atoms with van der Waals surface area (Å²) in [6, 6.07) is 10.3. The lowest BCUT2D eigenvalue weighted by Crippen LogP contribution is -2.28. The predicted molar refractivity (Wildman–Crippen MR) is 136 cm³/mol. The van der Waals surface area contributed by atoms with Crippen molar-refractivity contribution in [3.8, 4) is 28.4 Å². The van der Waals surface area contributed by atoms with E-state index in [9.17, 15) is 18.3 Å². The minimum absolute atomic E-state index is 0.0210. The Balaban J connectivity index is 1.77. The summed E-state index contributed by atoms with van der Waals surface area (Å²) in [6.45, 7) is 1.08. The van der Waals surface area contributed by atoms with Crippen LogP contribution in [0.1, 0.15) is 24.0 Å². The summed E-state index contributed by atoms with van der Waals surface area (Å²) in [4.78, 5) is 15.7. The van der Waals surface area contributed by atoms with Crippen molar-refractivity contribution in [3.05, 3.63) is 57.9 Å². The fourth-order valence-corrected chi connectivity index (χ4v) is 5.91. The van der Waals surface area contributed by atoms with Gasteiger partial charge in [0.15, 0.2) is 9.84 Å². The van der Waals surface area contributed by atoms with Crippen LogP contribution in [0.25, 0.3) is 16.9 Å². The molecule has 36 heavy (non-hydrogen) atoms. The molecule has 2 aromatic carbocycles. The lowest BCUT2D eigenvalue weighted by molar-refractivity contribution is 0.198. The van der Waals surface area contributed by atoms with Gasteiger partial charge < -0.3 is 19.5 Å². The quantitative estimate of drug-likeness (QED) is 0.537. The molecule has 0 bridgehead atoms. The van der Waals surface area contributed by atoms with Gasteiger partial charge in [0.1, 0.15) is 11.5 Å². The first-order chi connectivity index (χ1) is 17.2. The molecule has 1 saturated heterocycles. The number of sulfone groups is 1. The van der Waals surface area contributed by atoms with Crippen LogP contribution in [0.3, 0.4) is 0 Å². The summed E-state index contributed by atoms with van der Waals surface area (Å²) in [5.74, 6) is 1.17. The van der Waals surface area contributed by atoms with E-state index in [-0.39, 0.29) is 16.1 Å². The van der Waals surface area contributed by atoms with Gasteiger partial charge in [0.05, 0.1) is 36.6 Å². The number of aliphatic hydroxyl groups is 1. The molecular formula is C26H29N3O6S. The molecule has 5 rings (SSSR count). The van der Waals surface area contributed by atoms with Crippen LogP contribution >= 0.6 is 0 Å². The van der Waals surface area contributed by atoms with Gasteiger partial charge in [0.25, 0.3) is 5.56 Å². The summed E-state index contributed by atoms with van der Waals surface area (Å²) in [6.07, 6.45) is 3.42. The van der Waals surface area contributed by atoms with Gasteiger partial charge in [-0.05, 0) is 61.6 Å². The van der Waals surface area contributed by atoms with Gasteiger partial charge in [-0.3, -0.25) is 4.79 Å². The molecule has 1 fully saturated rings. The number of nitrogens with zero attached hydrogens (tertiary/aromatic N) is 3. The Morgan fingerprint density at radius 3 is 2.33 bits per heavy atom. The van der Waals surface area contributed by atoms with E-state index in [4.69, 9.17) is 14.6 Å². The molecule has 0 saturated carbocycles. The maximum Gasteiger partial charge on any atom is 0.275 e. The second kappa shape index (κ2) is 9.25. The Bertz CT molecular complexity index is 1480. The van der Waals surface area contributed by atoms with E-state index in [1.54, 1.807) is 32.4 Å². The van der Waals surface area contributed by atoms with Crippen molar-refractivity contribution in [1.29, 1.82) is 0 Å². The molecule has 1 aromatic heterocycles. The number of aromatic nitrogens is 2. The van der Waals surface area contributed by atoms with Crippen LogP contribution in [0, 0.1) is 0 Å². The third kappa shape index (κ3) is 4.35. The number of aliphatic hydroxyl groups excluding tert-OH is 1. The molecule has 9 nitrogen and oxygen atoms in total. The van der Waals surface area contributed by atoms with E-state index in [1.807, 2.05) is 17.0 Å². The standard InChI is InChI=1S/C26H29N3O6S/c1-34-19-11-16(12-20(14-19)35-2)25-21-5-4-6-22(21)26(31)29(27-25)23-13-17(28-10-9-18(30)15-28)7-8-24(23)36(3,32)33/h7-8,11-14,18,30H,4-6,9-10,15H2,1-3H3/t18-/m0/s1. The van der Waals surface area contributed by atoms with Crippen LogP contribution in [-0.2, 0) is 22.7 Å². The Morgan fingerprint density at radius 1 is 1.03 bits per heavy atom. The SMILES string of the molecule is COc1cc(OC)cc(-c2nn(-c3cc(N4CC[C@H](O)C4)ccc3S(C)(=O)=O)c(=O)c3c2CCC3)c1. The van der Waals surface area contributed by atoms with Crippen LogP contribution < -0.4 is 19.9 Å². The zero-order valence-corrected chi connectivity index (χ0v) is 21.3. The lowest BCUT2D eigenvalue weighted by Gasteiger charge is -2.21. The van der Waals surface area contributed by atoms with Crippen LogP contribution in [-0.4, -0.2) is 63.0 Å². The maximum absolute atomic E-state index is 13.7. The zero-order chi connectivity index (χ0) is 25.6. The summed E-state index contributed by atoms with van der Waals surface area (Å²) in [5, 5.41) is 14.8. The monoisotopic (exact) mass is 511 g/mol. The Morgan fingerprint density at radius 2 is 1.72 bits per heavy atom. The second-order valence-electron chi connectivity index (χ2n) is 9.29. The van der Waals surface area contributed by atoms with Gasteiger partial charge in [-0.2, -0.15) is 9.78 Å². The number of fused-ring (bicyclic) bond motifs is 1. The van der Waals surface area contributed by atoms with E-state index in [0.29, 0.717) is 55.1 Å². The van der Waals surface area contributed by atoms with E-state index in [2.05, 4.69) is 0 Å². The van der Waals surface area contributed by atoms with Gasteiger partial charge in [0.2, 0.25) is 0 Å². The minimum atomic E-state index is -3.67. The predicted octanol–water partition coefficient (Wildman–Crippen LogP) is 2.38. The smallest absolute Gasteiger partial charge is 0.275 e. The number of rotatable bonds is 6. The van der Waals surface area contributed by atoms with E-state index >= 15 is 0 Å². The minimum Gasteiger partial charge on any atom is -0.497 e. The van der Waals surface area contributed by atoms with Crippen molar-refractivity contribution in [2.45, 2.75) is 36.7 Å². The fourth-order valence-electron chi connectivity index (χ4n) is 5.07. The molecule has 1 aliphatic carbocycles. The number of anilines is 1. The molecule has 190 valence electrons. The lowest BCUT2D eigenvalue weighted by atomic mass is 10.0. The fraction of sp³-hybridized carbons (Fsp3) is 0.385. The van der Waals surface area contributed by atoms with Crippen molar-refractivity contribution in [2.75, 3.05) is 38.5 Å². The van der Waals surface area contributed by atoms with Crippen LogP contribution in [0.4, 0.5) is 5.69 Å². The first kappa shape index (κ1) is 24.3. The molecule has 2 heterocycles. The van der Waals surface area contributed by atoms with Crippen LogP contribution in [0.15, 0.2) is 46.1 Å². The summed E-state index contributed by atoms with van der Waals surface area (Å²) in [7, 11) is -0.538. The molecule has 1 N–H and O–H groups in total. The van der Waals surface area contributed by atoms with Crippen LogP contribution in [0.2, 0.25) is 0 Å². The number of hydrogen-bond acceptors (Lipinski definition) is 8. The highest BCUT2D eigenvalue weighted by Crippen LogP contribution is 2.35. The van der Waals surface area contributed by atoms with Gasteiger partial charge >= 0.3 is 0 Å². The van der Waals surface area contributed by atoms with Gasteiger partial charge in [-0.1, -0.05) is 0 Å². The summed E-state index contributed by atoms with van der Waals surface area (Å²) >= 11 is 0. The van der Waals surface area contributed by atoms with E-state index in [1.165, 1.54) is 10.7 Å². The highest BCUT2D eigenvalue weighted by Gasteiger charge is 2.28. The molecule has 0 amide bonds. The molecule has 2 aliphatic rings. The summed E-state index contributed by atoms with van der Waals surface area (Å²) in [5.41, 5.74) is 3.44. The van der Waals surface area contributed by atoms with Crippen molar-refractivity contribution in [3.63, 3.8) is 0 Å². The number of hydrogen-bond donors (Lipinski definition) is 1. The first-order valence-electron chi connectivity index (χ1n) is 11.9. The molecule has 0 unspecified atom stereocenters. The Labute approximate surface area is 209 Å². The van der Waals surface area contributed by atoms with E-state index < -0.39 is 15.9 Å². The average molecular weight is 512 g/mol. The summed E-state index contributed by atoms with van der Waals surface area (Å²) < 4.78 is 37.6. The molecule has 3 aromatic rings. The van der Waals surface area contributed by atoms with Crippen molar-refractivity contribution >= 4 is 15.5 Å². The van der Waals surface area contributed by atoms with Crippen molar-refractivity contribution in [1.82, 2.24) is 9.78 Å². The van der Waals surface area contributed by atoms with Gasteiger partial charge in [0, 0.05) is 42.2 Å². The third-order valence-electron chi connectivity index (χ3n) is 6.88. The number of benzene rings is 2. The second-order valence-corrected chi connectivity index (χ2v) is 11.3. The van der Waals surface area contributed by atoms with E-state index in [0.717, 1.165) is 29.5 Å².